The first-order valence-corrected chi connectivity index (χ1v) is 8.63. The fourth-order valence-electron chi connectivity index (χ4n) is 2.14. The van der Waals surface area contributed by atoms with E-state index in [9.17, 15) is 4.79 Å². The van der Waals surface area contributed by atoms with Crippen LogP contribution in [0.2, 0.25) is 10.0 Å². The van der Waals surface area contributed by atoms with Gasteiger partial charge in [-0.05, 0) is 36.4 Å². The van der Waals surface area contributed by atoms with Gasteiger partial charge in [0.05, 0.1) is 16.9 Å². The zero-order chi connectivity index (χ0) is 17.1. The maximum Gasteiger partial charge on any atom is 0.275 e. The summed E-state index contributed by atoms with van der Waals surface area (Å²) < 4.78 is 1.45. The average molecular weight is 378 g/mol. The third-order valence-corrected chi connectivity index (χ3v) is 4.90. The molecule has 1 amide bonds. The number of anilines is 1. The van der Waals surface area contributed by atoms with Crippen molar-refractivity contribution in [2.45, 2.75) is 9.79 Å². The minimum atomic E-state index is -0.302. The third kappa shape index (κ3) is 3.75. The third-order valence-electron chi connectivity index (χ3n) is 3.29. The van der Waals surface area contributed by atoms with E-state index in [1.807, 2.05) is 48.5 Å². The van der Waals surface area contributed by atoms with E-state index in [-0.39, 0.29) is 5.91 Å². The highest BCUT2D eigenvalue weighted by atomic mass is 35.5. The monoisotopic (exact) mass is 377 g/mol. The number of amides is 1. The Kier molecular flexibility index (Phi) is 5.14. The molecular formula is C17H13Cl2N3OS. The van der Waals surface area contributed by atoms with Crippen molar-refractivity contribution in [1.29, 1.82) is 0 Å². The summed E-state index contributed by atoms with van der Waals surface area (Å²) in [6, 6.07) is 15.1. The molecule has 0 spiro atoms. The summed E-state index contributed by atoms with van der Waals surface area (Å²) in [5.74, 6) is -0.302. The lowest BCUT2D eigenvalue weighted by molar-refractivity contribution is 0.101. The molecule has 0 saturated heterocycles. The maximum atomic E-state index is 12.5. The molecule has 4 nitrogen and oxygen atoms in total. The zero-order valence-electron chi connectivity index (χ0n) is 12.7. The van der Waals surface area contributed by atoms with Gasteiger partial charge in [-0.15, -0.1) is 0 Å². The smallest absolute Gasteiger partial charge is 0.275 e. The van der Waals surface area contributed by atoms with E-state index in [0.717, 1.165) is 9.79 Å². The first-order valence-electron chi connectivity index (χ1n) is 7.06. The number of carbonyl (C=O) groups excluding carboxylic acids is 1. The molecule has 2 aromatic carbocycles. The molecule has 0 aliphatic rings. The number of nitrogens with zero attached hydrogens (tertiary/aromatic N) is 2. The number of hydrogen-bond donors (Lipinski definition) is 1. The van der Waals surface area contributed by atoms with Gasteiger partial charge in [-0.1, -0.05) is 47.1 Å². The van der Waals surface area contributed by atoms with Gasteiger partial charge in [-0.2, -0.15) is 5.10 Å². The molecule has 1 aromatic heterocycles. The van der Waals surface area contributed by atoms with Crippen LogP contribution in [0.3, 0.4) is 0 Å². The largest absolute Gasteiger partial charge is 0.320 e. The first kappa shape index (κ1) is 16.9. The van der Waals surface area contributed by atoms with Crippen LogP contribution in [-0.4, -0.2) is 15.7 Å². The maximum absolute atomic E-state index is 12.5. The number of carbonyl (C=O) groups is 1. The van der Waals surface area contributed by atoms with E-state index in [4.69, 9.17) is 23.2 Å². The number of halogens is 2. The van der Waals surface area contributed by atoms with Gasteiger partial charge in [0.25, 0.3) is 5.91 Å². The van der Waals surface area contributed by atoms with Gasteiger partial charge < -0.3 is 5.32 Å². The molecule has 0 unspecified atom stereocenters. The van der Waals surface area contributed by atoms with E-state index >= 15 is 0 Å². The van der Waals surface area contributed by atoms with Crippen molar-refractivity contribution in [3.8, 4) is 0 Å². The van der Waals surface area contributed by atoms with Crippen LogP contribution in [0.5, 0.6) is 0 Å². The van der Waals surface area contributed by atoms with E-state index in [1.54, 1.807) is 18.8 Å². The summed E-state index contributed by atoms with van der Waals surface area (Å²) in [6.07, 6.45) is 1.45. The number of rotatable bonds is 4. The predicted molar refractivity (Wildman–Crippen MR) is 98.2 cm³/mol. The van der Waals surface area contributed by atoms with E-state index in [2.05, 4.69) is 10.4 Å². The standard InChI is InChI=1S/C17H13Cl2N3OS/c1-22-16(13(19)10-20-22)17(23)21-14-4-2-3-5-15(14)24-12-8-6-11(18)7-9-12/h2-10H,1H3,(H,21,23). The van der Waals surface area contributed by atoms with Gasteiger partial charge in [0.15, 0.2) is 0 Å². The highest BCUT2D eigenvalue weighted by Crippen LogP contribution is 2.34. The average Bonchev–Trinajstić information content (AvgIpc) is 2.90. The van der Waals surface area contributed by atoms with Crippen molar-refractivity contribution < 1.29 is 4.79 Å². The molecule has 0 aliphatic heterocycles. The van der Waals surface area contributed by atoms with Gasteiger partial charge in [-0.25, -0.2) is 0 Å². The minimum Gasteiger partial charge on any atom is -0.320 e. The Labute approximate surface area is 153 Å². The van der Waals surface area contributed by atoms with Gasteiger partial charge in [0, 0.05) is 21.9 Å². The number of nitrogens with one attached hydrogen (secondary N) is 1. The molecule has 122 valence electrons. The fraction of sp³-hybridized carbons (Fsp3) is 0.0588. The fourth-order valence-corrected chi connectivity index (χ4v) is 3.42. The molecule has 0 radical (unpaired) electrons. The van der Waals surface area contributed by atoms with Crippen LogP contribution >= 0.6 is 35.0 Å². The molecule has 0 saturated carbocycles. The molecule has 0 atom stereocenters. The van der Waals surface area contributed by atoms with Crippen LogP contribution in [0.25, 0.3) is 0 Å². The van der Waals surface area contributed by atoms with Gasteiger partial charge >= 0.3 is 0 Å². The lowest BCUT2D eigenvalue weighted by Crippen LogP contribution is -2.17. The van der Waals surface area contributed by atoms with Crippen LogP contribution < -0.4 is 5.32 Å². The van der Waals surface area contributed by atoms with Crippen LogP contribution in [0.1, 0.15) is 10.5 Å². The second-order valence-corrected chi connectivity index (χ2v) is 6.93. The zero-order valence-corrected chi connectivity index (χ0v) is 15.0. The Morgan fingerprint density at radius 1 is 1.12 bits per heavy atom. The van der Waals surface area contributed by atoms with Crippen LogP contribution in [0.15, 0.2) is 64.5 Å². The summed E-state index contributed by atoms with van der Waals surface area (Å²) in [6.45, 7) is 0. The molecule has 3 rings (SSSR count). The van der Waals surface area contributed by atoms with Gasteiger partial charge in [-0.3, -0.25) is 9.48 Å². The molecule has 0 bridgehead atoms. The van der Waals surface area contributed by atoms with Crippen molar-refractivity contribution in [3.05, 3.63) is 70.5 Å². The number of hydrogen-bond acceptors (Lipinski definition) is 3. The molecule has 1 heterocycles. The Bertz CT molecular complexity index is 858. The Morgan fingerprint density at radius 3 is 2.50 bits per heavy atom. The van der Waals surface area contributed by atoms with Gasteiger partial charge in [0.2, 0.25) is 0 Å². The Hall–Kier alpha value is -1.95. The summed E-state index contributed by atoms with van der Waals surface area (Å²) in [7, 11) is 1.68. The summed E-state index contributed by atoms with van der Waals surface area (Å²) in [5, 5.41) is 7.88. The number of benzene rings is 2. The lowest BCUT2D eigenvalue weighted by Gasteiger charge is -2.11. The normalized spacial score (nSPS) is 10.6. The van der Waals surface area contributed by atoms with Crippen molar-refractivity contribution in [3.63, 3.8) is 0 Å². The molecule has 7 heteroatoms. The first-order chi connectivity index (χ1) is 11.5. The minimum absolute atomic E-state index is 0.302. The van der Waals surface area contributed by atoms with E-state index in [0.29, 0.717) is 21.4 Å². The quantitative estimate of drug-likeness (QED) is 0.685. The van der Waals surface area contributed by atoms with E-state index < -0.39 is 0 Å². The number of aromatic nitrogens is 2. The second-order valence-electron chi connectivity index (χ2n) is 4.97. The molecule has 24 heavy (non-hydrogen) atoms. The molecule has 1 N–H and O–H groups in total. The van der Waals surface area contributed by atoms with Crippen molar-refractivity contribution in [2.75, 3.05) is 5.32 Å². The predicted octanol–water partition coefficient (Wildman–Crippen LogP) is 5.13. The van der Waals surface area contributed by atoms with E-state index in [1.165, 1.54) is 10.9 Å². The summed E-state index contributed by atoms with van der Waals surface area (Å²) in [4.78, 5) is 14.4. The van der Waals surface area contributed by atoms with Gasteiger partial charge in [0.1, 0.15) is 5.69 Å². The molecule has 0 aliphatic carbocycles. The van der Waals surface area contributed by atoms with Crippen molar-refractivity contribution >= 4 is 46.6 Å². The molecule has 3 aromatic rings. The second kappa shape index (κ2) is 7.30. The van der Waals surface area contributed by atoms with Crippen LogP contribution in [0.4, 0.5) is 5.69 Å². The van der Waals surface area contributed by atoms with Crippen LogP contribution in [-0.2, 0) is 7.05 Å². The highest BCUT2D eigenvalue weighted by Gasteiger charge is 2.17. The number of para-hydroxylation sites is 1. The Balaban J connectivity index is 1.84. The summed E-state index contributed by atoms with van der Waals surface area (Å²) >= 11 is 13.5. The molecule has 0 fully saturated rings. The summed E-state index contributed by atoms with van der Waals surface area (Å²) in [5.41, 5.74) is 1.03. The topological polar surface area (TPSA) is 46.9 Å². The number of aryl methyl sites for hydroxylation is 1. The highest BCUT2D eigenvalue weighted by molar-refractivity contribution is 7.99. The Morgan fingerprint density at radius 2 is 1.83 bits per heavy atom. The SMILES string of the molecule is Cn1ncc(Cl)c1C(=O)Nc1ccccc1Sc1ccc(Cl)cc1. The van der Waals surface area contributed by atoms with Crippen molar-refractivity contribution in [1.82, 2.24) is 9.78 Å². The van der Waals surface area contributed by atoms with Crippen LogP contribution in [0, 0.1) is 0 Å². The lowest BCUT2D eigenvalue weighted by atomic mass is 10.3. The van der Waals surface area contributed by atoms with Crippen molar-refractivity contribution in [2.24, 2.45) is 7.05 Å². The molecular weight excluding hydrogens is 365 g/mol.